The molecule has 0 unspecified atom stereocenters. The number of nitrogens with one attached hydrogen (secondary N) is 2. The predicted octanol–water partition coefficient (Wildman–Crippen LogP) is 7.53. The molecule has 0 saturated heterocycles. The Hall–Kier alpha value is -3.37. The number of anilines is 5. The summed E-state index contributed by atoms with van der Waals surface area (Å²) in [5.74, 6) is 0. The van der Waals surface area contributed by atoms with Crippen molar-refractivity contribution in [3.8, 4) is 11.1 Å². The van der Waals surface area contributed by atoms with Crippen LogP contribution in [0.15, 0.2) is 88.7 Å². The average molecular weight is 422 g/mol. The van der Waals surface area contributed by atoms with Gasteiger partial charge in [0.2, 0.25) is 0 Å². The second kappa shape index (κ2) is 6.56. The van der Waals surface area contributed by atoms with Gasteiger partial charge in [0.15, 0.2) is 0 Å². The van der Waals surface area contributed by atoms with Crippen molar-refractivity contribution in [1.29, 1.82) is 0 Å². The molecule has 0 atom stereocenters. The number of benzene rings is 4. The van der Waals surface area contributed by atoms with Crippen LogP contribution in [0.1, 0.15) is 25.0 Å². The van der Waals surface area contributed by atoms with E-state index in [1.54, 1.807) is 11.8 Å². The minimum atomic E-state index is -0.0824. The van der Waals surface area contributed by atoms with E-state index < -0.39 is 0 Å². The van der Waals surface area contributed by atoms with Gasteiger partial charge in [-0.15, -0.1) is 0 Å². The lowest BCUT2D eigenvalue weighted by Gasteiger charge is -2.25. The zero-order valence-electron chi connectivity index (χ0n) is 17.5. The lowest BCUT2D eigenvalue weighted by Crippen LogP contribution is -2.15. The molecule has 0 spiro atoms. The van der Waals surface area contributed by atoms with E-state index in [1.165, 1.54) is 32.0 Å². The van der Waals surface area contributed by atoms with E-state index in [2.05, 4.69) is 97.3 Å². The molecule has 0 fully saturated rings. The highest BCUT2D eigenvalue weighted by atomic mass is 32.2. The van der Waals surface area contributed by atoms with Crippen molar-refractivity contribution < 1.29 is 0 Å². The standard InChI is InChI=1S/C27H23N3S/c1-27(2)20-14-16(28)10-12-18(20)19-13-11-17(15-21(19)27)29-23-7-5-9-25-26(23)30-22-6-3-4-8-24(22)31-25/h3-15,29-30H,28H2,1-2H3. The van der Waals surface area contributed by atoms with E-state index in [1.807, 2.05) is 6.07 Å². The second-order valence-electron chi connectivity index (χ2n) is 8.72. The Bertz CT molecular complexity index is 1360. The van der Waals surface area contributed by atoms with Gasteiger partial charge in [0.1, 0.15) is 0 Å². The van der Waals surface area contributed by atoms with Gasteiger partial charge < -0.3 is 16.4 Å². The predicted molar refractivity (Wildman–Crippen MR) is 132 cm³/mol. The molecule has 0 bridgehead atoms. The van der Waals surface area contributed by atoms with Crippen LogP contribution in [-0.4, -0.2) is 0 Å². The quantitative estimate of drug-likeness (QED) is 0.258. The van der Waals surface area contributed by atoms with Gasteiger partial charge in [-0.25, -0.2) is 0 Å². The van der Waals surface area contributed by atoms with Crippen LogP contribution in [0.4, 0.5) is 28.4 Å². The van der Waals surface area contributed by atoms with E-state index in [4.69, 9.17) is 5.73 Å². The average Bonchev–Trinajstić information content (AvgIpc) is 2.99. The molecule has 2 aliphatic rings. The summed E-state index contributed by atoms with van der Waals surface area (Å²) in [7, 11) is 0. The maximum Gasteiger partial charge on any atom is 0.0765 e. The van der Waals surface area contributed by atoms with Crippen molar-refractivity contribution in [2.75, 3.05) is 16.4 Å². The fourth-order valence-electron chi connectivity index (χ4n) is 4.75. The molecule has 1 aliphatic carbocycles. The highest BCUT2D eigenvalue weighted by Crippen LogP contribution is 2.51. The van der Waals surface area contributed by atoms with Gasteiger partial charge in [0.25, 0.3) is 0 Å². The van der Waals surface area contributed by atoms with Crippen LogP contribution in [0.3, 0.4) is 0 Å². The Morgan fingerprint density at radius 3 is 2.42 bits per heavy atom. The van der Waals surface area contributed by atoms with Crippen LogP contribution in [0.25, 0.3) is 11.1 Å². The first-order chi connectivity index (χ1) is 15.0. The lowest BCUT2D eigenvalue weighted by atomic mass is 9.82. The minimum Gasteiger partial charge on any atom is -0.399 e. The number of rotatable bonds is 2. The Labute approximate surface area is 186 Å². The van der Waals surface area contributed by atoms with Gasteiger partial charge >= 0.3 is 0 Å². The summed E-state index contributed by atoms with van der Waals surface area (Å²) in [6.07, 6.45) is 0. The van der Waals surface area contributed by atoms with E-state index >= 15 is 0 Å². The van der Waals surface area contributed by atoms with Gasteiger partial charge in [-0.3, -0.25) is 0 Å². The van der Waals surface area contributed by atoms with Gasteiger partial charge in [-0.05, 0) is 70.8 Å². The Morgan fingerprint density at radius 2 is 1.55 bits per heavy atom. The van der Waals surface area contributed by atoms with Gasteiger partial charge in [0.05, 0.1) is 17.1 Å². The van der Waals surface area contributed by atoms with Crippen molar-refractivity contribution >= 4 is 40.2 Å². The van der Waals surface area contributed by atoms with Crippen molar-refractivity contribution in [3.05, 3.63) is 90.0 Å². The normalized spacial score (nSPS) is 14.6. The third-order valence-electron chi connectivity index (χ3n) is 6.37. The highest BCUT2D eigenvalue weighted by Gasteiger charge is 2.35. The molecule has 152 valence electrons. The first-order valence-corrected chi connectivity index (χ1v) is 11.3. The molecular formula is C27H23N3S. The van der Waals surface area contributed by atoms with Crippen LogP contribution >= 0.6 is 11.8 Å². The maximum atomic E-state index is 6.10. The molecule has 31 heavy (non-hydrogen) atoms. The third-order valence-corrected chi connectivity index (χ3v) is 7.51. The molecular weight excluding hydrogens is 398 g/mol. The van der Waals surface area contributed by atoms with Crippen LogP contribution in [0.5, 0.6) is 0 Å². The highest BCUT2D eigenvalue weighted by molar-refractivity contribution is 7.99. The van der Waals surface area contributed by atoms with Crippen molar-refractivity contribution in [1.82, 2.24) is 0 Å². The number of fused-ring (bicyclic) bond motifs is 5. The Kier molecular flexibility index (Phi) is 3.90. The molecule has 3 nitrogen and oxygen atoms in total. The van der Waals surface area contributed by atoms with Crippen LogP contribution in [0, 0.1) is 0 Å². The molecule has 0 amide bonds. The molecule has 4 aromatic carbocycles. The van der Waals surface area contributed by atoms with Crippen molar-refractivity contribution in [2.24, 2.45) is 0 Å². The minimum absolute atomic E-state index is 0.0824. The third kappa shape index (κ3) is 2.82. The smallest absolute Gasteiger partial charge is 0.0765 e. The fraction of sp³-hybridized carbons (Fsp3) is 0.111. The fourth-order valence-corrected chi connectivity index (χ4v) is 5.77. The topological polar surface area (TPSA) is 50.1 Å². The molecule has 1 heterocycles. The molecule has 4 N–H and O–H groups in total. The second-order valence-corrected chi connectivity index (χ2v) is 9.80. The van der Waals surface area contributed by atoms with E-state index in [-0.39, 0.29) is 5.41 Å². The van der Waals surface area contributed by atoms with E-state index in [9.17, 15) is 0 Å². The van der Waals surface area contributed by atoms with Crippen LogP contribution in [0.2, 0.25) is 0 Å². The summed E-state index contributed by atoms with van der Waals surface area (Å²) in [6.45, 7) is 4.56. The Morgan fingerprint density at radius 1 is 0.806 bits per heavy atom. The van der Waals surface area contributed by atoms with Gasteiger partial charge in [-0.2, -0.15) is 0 Å². The molecule has 0 radical (unpaired) electrons. The van der Waals surface area contributed by atoms with Gasteiger partial charge in [0, 0.05) is 26.6 Å². The lowest BCUT2D eigenvalue weighted by molar-refractivity contribution is 0.661. The number of nitrogen functional groups attached to an aromatic ring is 1. The summed E-state index contributed by atoms with van der Waals surface area (Å²) in [6, 6.07) is 27.8. The summed E-state index contributed by atoms with van der Waals surface area (Å²) in [5, 5.41) is 7.29. The van der Waals surface area contributed by atoms with Crippen molar-refractivity contribution in [2.45, 2.75) is 29.1 Å². The molecule has 0 aromatic heterocycles. The number of hydrogen-bond donors (Lipinski definition) is 3. The summed E-state index contributed by atoms with van der Waals surface area (Å²) < 4.78 is 0. The molecule has 4 heteroatoms. The number of para-hydroxylation sites is 2. The number of hydrogen-bond acceptors (Lipinski definition) is 4. The molecule has 4 aromatic rings. The SMILES string of the molecule is CC1(C)c2cc(N)ccc2-c2ccc(Nc3cccc4c3Nc3ccccc3S4)cc21. The Balaban J connectivity index is 1.38. The summed E-state index contributed by atoms with van der Waals surface area (Å²) >= 11 is 1.81. The van der Waals surface area contributed by atoms with Gasteiger partial charge in [-0.1, -0.05) is 55.9 Å². The summed E-state index contributed by atoms with van der Waals surface area (Å²) in [4.78, 5) is 2.48. The monoisotopic (exact) mass is 421 g/mol. The van der Waals surface area contributed by atoms with Crippen LogP contribution in [-0.2, 0) is 5.41 Å². The first kappa shape index (κ1) is 18.4. The van der Waals surface area contributed by atoms with E-state index in [0.29, 0.717) is 0 Å². The zero-order valence-corrected chi connectivity index (χ0v) is 18.3. The van der Waals surface area contributed by atoms with Crippen LogP contribution < -0.4 is 16.4 Å². The molecule has 6 rings (SSSR count). The molecule has 0 saturated carbocycles. The first-order valence-electron chi connectivity index (χ1n) is 10.5. The largest absolute Gasteiger partial charge is 0.399 e. The summed E-state index contributed by atoms with van der Waals surface area (Å²) in [5.41, 5.74) is 16.5. The van der Waals surface area contributed by atoms with E-state index in [0.717, 1.165) is 28.4 Å². The maximum absolute atomic E-state index is 6.10. The van der Waals surface area contributed by atoms with Crippen molar-refractivity contribution in [3.63, 3.8) is 0 Å². The zero-order chi connectivity index (χ0) is 21.2. The number of nitrogens with two attached hydrogens (primary N) is 1. The molecule has 1 aliphatic heterocycles.